The Morgan fingerprint density at radius 3 is 1.83 bits per heavy atom. The molecule has 1 radical (unpaired) electrons. The van der Waals surface area contributed by atoms with Crippen LogP contribution in [0.2, 0.25) is 0 Å². The second-order valence-electron chi connectivity index (χ2n) is 1.10. The lowest BCUT2D eigenvalue weighted by molar-refractivity contribution is 1.74. The van der Waals surface area contributed by atoms with Crippen molar-refractivity contribution < 1.29 is 0 Å². The van der Waals surface area contributed by atoms with Crippen molar-refractivity contribution in [2.24, 2.45) is 0 Å². The molecule has 0 aromatic rings. The highest BCUT2D eigenvalue weighted by molar-refractivity contribution is 6.30. The number of halogens is 1. The molecule has 0 saturated carbocycles. The first kappa shape index (κ1) is 3.94. The molecule has 0 aromatic heterocycles. The zero-order chi connectivity index (χ0) is 4.41. The smallest absolute Gasteiger partial charge is 0.107 e. The Morgan fingerprint density at radius 1 is 1.17 bits per heavy atom. The molecule has 0 heterocycles. The van der Waals surface area contributed by atoms with E-state index in [0.717, 1.165) is 5.38 Å². The first-order valence-electron chi connectivity index (χ1n) is 1.77. The molecule has 1 rings (SSSR count). The van der Waals surface area contributed by atoms with Gasteiger partial charge in [0.2, 0.25) is 0 Å². The van der Waals surface area contributed by atoms with E-state index < -0.39 is 0 Å². The van der Waals surface area contributed by atoms with Crippen molar-refractivity contribution in [2.45, 2.75) is 0 Å². The van der Waals surface area contributed by atoms with Gasteiger partial charge >= 0.3 is 0 Å². The summed E-state index contributed by atoms with van der Waals surface area (Å²) < 4.78 is 0. The highest BCUT2D eigenvalue weighted by Crippen LogP contribution is 2.14. The van der Waals surface area contributed by atoms with Gasteiger partial charge in [0.15, 0.2) is 0 Å². The van der Waals surface area contributed by atoms with Crippen LogP contribution in [0.25, 0.3) is 0 Å². The largest absolute Gasteiger partial charge is 0.107 e. The third-order valence-electron chi connectivity index (χ3n) is 0.622. The fraction of sp³-hybridized carbons (Fsp3) is 0. The number of allylic oxidation sites excluding steroid dienone is 4. The van der Waals surface area contributed by atoms with Crippen LogP contribution in [-0.2, 0) is 0 Å². The van der Waals surface area contributed by atoms with Crippen LogP contribution in [-0.4, -0.2) is 0 Å². The molecule has 0 nitrogen and oxygen atoms in total. The van der Waals surface area contributed by atoms with E-state index in [1.54, 1.807) is 0 Å². The summed E-state index contributed by atoms with van der Waals surface area (Å²) in [7, 11) is 0. The second kappa shape index (κ2) is 1.48. The Morgan fingerprint density at radius 2 is 1.67 bits per heavy atom. The van der Waals surface area contributed by atoms with Gasteiger partial charge in [0, 0.05) is 0 Å². The van der Waals surface area contributed by atoms with E-state index in [9.17, 15) is 0 Å². The van der Waals surface area contributed by atoms with Gasteiger partial charge in [0.05, 0.1) is 0 Å². The molecule has 0 bridgehead atoms. The maximum atomic E-state index is 5.46. The molecule has 0 amide bonds. The molecule has 6 heavy (non-hydrogen) atoms. The van der Waals surface area contributed by atoms with Gasteiger partial charge < -0.3 is 0 Å². The van der Waals surface area contributed by atoms with Crippen molar-refractivity contribution in [1.29, 1.82) is 0 Å². The Labute approximate surface area is 42.1 Å². The van der Waals surface area contributed by atoms with Gasteiger partial charge in [-0.1, -0.05) is 24.3 Å². The van der Waals surface area contributed by atoms with Crippen LogP contribution < -0.4 is 0 Å². The molecule has 1 heteroatoms. The molecule has 31 valence electrons. The van der Waals surface area contributed by atoms with Gasteiger partial charge in [-0.3, -0.25) is 0 Å². The molecule has 0 aromatic carbocycles. The first-order chi connectivity index (χ1) is 2.89. The number of rotatable bonds is 0. The van der Waals surface area contributed by atoms with E-state index in [1.807, 2.05) is 24.3 Å². The fourth-order valence-electron chi connectivity index (χ4n) is 0.351. The standard InChI is InChI=1S/C5H4Cl/c6-5-3-1-2-4-5/h1-4H. The highest BCUT2D eigenvalue weighted by Gasteiger charge is 1.94. The molecule has 0 spiro atoms. The van der Waals surface area contributed by atoms with Crippen molar-refractivity contribution in [1.82, 2.24) is 0 Å². The van der Waals surface area contributed by atoms with Gasteiger partial charge in [-0.2, -0.15) is 0 Å². The summed E-state index contributed by atoms with van der Waals surface area (Å²) in [6.07, 6.45) is 7.51. The monoisotopic (exact) mass is 99.0 g/mol. The zero-order valence-electron chi connectivity index (χ0n) is 3.19. The summed E-state index contributed by atoms with van der Waals surface area (Å²) in [6, 6.07) is 0. The van der Waals surface area contributed by atoms with Crippen molar-refractivity contribution >= 4 is 11.6 Å². The van der Waals surface area contributed by atoms with Gasteiger partial charge in [-0.05, 0) is 0 Å². The summed E-state index contributed by atoms with van der Waals surface area (Å²) in [5, 5.41) is 0.815. The van der Waals surface area contributed by atoms with Crippen LogP contribution in [0.15, 0.2) is 24.3 Å². The minimum Gasteiger partial charge on any atom is -0.107 e. The predicted molar refractivity (Wildman–Crippen MR) is 27.4 cm³/mol. The van der Waals surface area contributed by atoms with E-state index in [-0.39, 0.29) is 0 Å². The van der Waals surface area contributed by atoms with Crippen LogP contribution in [0, 0.1) is 5.38 Å². The average Bonchev–Trinajstić information content (AvgIpc) is 1.86. The van der Waals surface area contributed by atoms with Crippen molar-refractivity contribution in [3.63, 3.8) is 0 Å². The molecule has 0 atom stereocenters. The van der Waals surface area contributed by atoms with Gasteiger partial charge in [0.25, 0.3) is 0 Å². The molecule has 0 saturated heterocycles. The topological polar surface area (TPSA) is 0 Å². The lowest BCUT2D eigenvalue weighted by atomic mass is 10.5. The molecular formula is C5H4Cl. The van der Waals surface area contributed by atoms with Crippen molar-refractivity contribution in [3.8, 4) is 0 Å². The SMILES string of the molecule is Cl[C]1C=CC=C1. The molecule has 0 unspecified atom stereocenters. The average molecular weight is 99.5 g/mol. The van der Waals surface area contributed by atoms with E-state index in [2.05, 4.69) is 0 Å². The van der Waals surface area contributed by atoms with Crippen LogP contribution in [0.1, 0.15) is 0 Å². The minimum absolute atomic E-state index is 0.815. The Bertz CT molecular complexity index is 80.1. The van der Waals surface area contributed by atoms with Crippen molar-refractivity contribution in [2.75, 3.05) is 0 Å². The quantitative estimate of drug-likeness (QED) is 0.435. The van der Waals surface area contributed by atoms with Crippen LogP contribution in [0.5, 0.6) is 0 Å². The first-order valence-corrected chi connectivity index (χ1v) is 2.14. The molecule has 0 fully saturated rings. The van der Waals surface area contributed by atoms with E-state index in [1.165, 1.54) is 0 Å². The third-order valence-corrected chi connectivity index (χ3v) is 0.874. The molecule has 1 aliphatic carbocycles. The molecule has 0 aliphatic heterocycles. The third kappa shape index (κ3) is 0.631. The lowest BCUT2D eigenvalue weighted by Crippen LogP contribution is -1.61. The highest BCUT2D eigenvalue weighted by atomic mass is 35.5. The van der Waals surface area contributed by atoms with Crippen molar-refractivity contribution in [3.05, 3.63) is 29.7 Å². The van der Waals surface area contributed by atoms with E-state index >= 15 is 0 Å². The van der Waals surface area contributed by atoms with E-state index in [4.69, 9.17) is 11.6 Å². The molecule has 0 N–H and O–H groups in total. The van der Waals surface area contributed by atoms with E-state index in [0.29, 0.717) is 0 Å². The fourth-order valence-corrected chi connectivity index (χ4v) is 0.496. The summed E-state index contributed by atoms with van der Waals surface area (Å²) in [6.45, 7) is 0. The number of hydrogen-bond donors (Lipinski definition) is 0. The summed E-state index contributed by atoms with van der Waals surface area (Å²) >= 11 is 5.46. The minimum atomic E-state index is 0.815. The summed E-state index contributed by atoms with van der Waals surface area (Å²) in [4.78, 5) is 0. The normalized spacial score (nSPS) is 20.2. The Kier molecular flexibility index (Phi) is 0.972. The second-order valence-corrected chi connectivity index (χ2v) is 1.54. The van der Waals surface area contributed by atoms with Gasteiger partial charge in [-0.25, -0.2) is 0 Å². The summed E-state index contributed by atoms with van der Waals surface area (Å²) in [5.74, 6) is 0. The molecular weight excluding hydrogens is 95.5 g/mol. The van der Waals surface area contributed by atoms with Crippen LogP contribution in [0.4, 0.5) is 0 Å². The maximum Gasteiger partial charge on any atom is 0.107 e. The lowest BCUT2D eigenvalue weighted by Gasteiger charge is -1.78. The maximum absolute atomic E-state index is 5.46. The Hall–Kier alpha value is -0.230. The van der Waals surface area contributed by atoms with Crippen LogP contribution in [0.3, 0.4) is 0 Å². The summed E-state index contributed by atoms with van der Waals surface area (Å²) in [5.41, 5.74) is 0. The Balaban J connectivity index is 2.60. The van der Waals surface area contributed by atoms with Gasteiger partial charge in [-0.15, -0.1) is 11.6 Å². The predicted octanol–water partition coefficient (Wildman–Crippen LogP) is 1.88. The molecule has 1 aliphatic rings. The van der Waals surface area contributed by atoms with Crippen LogP contribution >= 0.6 is 11.6 Å². The zero-order valence-corrected chi connectivity index (χ0v) is 3.94. The number of hydrogen-bond acceptors (Lipinski definition) is 0. The van der Waals surface area contributed by atoms with Gasteiger partial charge in [0.1, 0.15) is 5.38 Å².